The van der Waals surface area contributed by atoms with Gasteiger partial charge < -0.3 is 4.90 Å². The summed E-state index contributed by atoms with van der Waals surface area (Å²) in [6, 6.07) is 21.0. The zero-order valence-electron chi connectivity index (χ0n) is 15.0. The van der Waals surface area contributed by atoms with Crippen LogP contribution in [0, 0.1) is 0 Å². The molecule has 0 saturated carbocycles. The van der Waals surface area contributed by atoms with E-state index in [0.717, 1.165) is 26.7 Å². The lowest BCUT2D eigenvalue weighted by atomic mass is 10.0. The van der Waals surface area contributed by atoms with Crippen molar-refractivity contribution < 1.29 is 4.21 Å². The molecule has 0 aliphatic carbocycles. The zero-order chi connectivity index (χ0) is 19.8. The van der Waals surface area contributed by atoms with Gasteiger partial charge in [-0.15, -0.1) is 0 Å². The fraction of sp³-hybridized carbons (Fsp3) is 0.0909. The first-order valence-electron chi connectivity index (χ1n) is 8.64. The number of pyridine rings is 1. The maximum absolute atomic E-state index is 11.3. The van der Waals surface area contributed by atoms with E-state index in [9.17, 15) is 4.21 Å². The van der Waals surface area contributed by atoms with E-state index in [4.69, 9.17) is 23.2 Å². The van der Waals surface area contributed by atoms with Crippen molar-refractivity contribution in [3.05, 3.63) is 101 Å². The summed E-state index contributed by atoms with van der Waals surface area (Å²) in [6.45, 7) is 1.31. The topological polar surface area (TPSA) is 33.2 Å². The largest absolute Gasteiger partial charge is 0.361 e. The molecule has 0 bridgehead atoms. The number of halogens is 2. The molecule has 0 N–H and O–H groups in total. The number of aromatic nitrogens is 1. The van der Waals surface area contributed by atoms with Crippen molar-refractivity contribution in [1.29, 1.82) is 0 Å². The van der Waals surface area contributed by atoms with E-state index in [0.29, 0.717) is 29.4 Å². The third kappa shape index (κ3) is 5.55. The third-order valence-electron chi connectivity index (χ3n) is 4.11. The minimum Gasteiger partial charge on any atom is -0.361 e. The molecule has 0 spiro atoms. The number of rotatable bonds is 2. The average Bonchev–Trinajstić information content (AvgIpc) is 2.75. The molecular formula is C22H18Cl2N2OS. The molecule has 0 radical (unpaired) electrons. The summed E-state index contributed by atoms with van der Waals surface area (Å²) in [5.74, 6) is 0. The molecule has 1 aromatic heterocycles. The van der Waals surface area contributed by atoms with Crippen molar-refractivity contribution in [2.24, 2.45) is 0 Å². The lowest BCUT2D eigenvalue weighted by Gasteiger charge is -2.29. The minimum absolute atomic E-state index is 0.534. The van der Waals surface area contributed by atoms with Crippen molar-refractivity contribution in [3.8, 4) is 0 Å². The highest BCUT2D eigenvalue weighted by molar-refractivity contribution is 7.67. The Bertz CT molecular complexity index is 1000. The molecule has 28 heavy (non-hydrogen) atoms. The Morgan fingerprint density at radius 1 is 0.893 bits per heavy atom. The van der Waals surface area contributed by atoms with Gasteiger partial charge in [0.1, 0.15) is 0 Å². The van der Waals surface area contributed by atoms with Gasteiger partial charge in [-0.3, -0.25) is 4.98 Å². The molecule has 6 heteroatoms. The summed E-state index contributed by atoms with van der Waals surface area (Å²) in [6.07, 6.45) is 5.50. The maximum atomic E-state index is 11.3. The molecule has 3 aromatic rings. The molecule has 1 aliphatic rings. The van der Waals surface area contributed by atoms with Gasteiger partial charge in [0.25, 0.3) is 0 Å². The van der Waals surface area contributed by atoms with Crippen molar-refractivity contribution in [2.45, 2.75) is 0 Å². The number of anilines is 1. The number of hydrogen-bond donors (Lipinski definition) is 0. The maximum Gasteiger partial charge on any atom is 0.0939 e. The molecule has 2 heterocycles. The summed E-state index contributed by atoms with van der Waals surface area (Å²) < 4.78 is 11.3. The van der Waals surface area contributed by atoms with Crippen LogP contribution >= 0.6 is 23.2 Å². The minimum atomic E-state index is 0.534. The van der Waals surface area contributed by atoms with Gasteiger partial charge in [0.2, 0.25) is 0 Å². The average molecular weight is 429 g/mol. The van der Waals surface area contributed by atoms with E-state index in [1.54, 1.807) is 6.20 Å². The van der Waals surface area contributed by atoms with E-state index in [-0.39, 0.29) is 0 Å². The summed E-state index contributed by atoms with van der Waals surface area (Å²) in [5.41, 5.74) is 3.02. The molecule has 2 aromatic carbocycles. The smallest absolute Gasteiger partial charge is 0.0939 e. The molecule has 1 aliphatic heterocycles. The molecule has 142 valence electrons. The molecule has 0 atom stereocenters. The molecule has 3 nitrogen and oxygen atoms in total. The van der Waals surface area contributed by atoms with E-state index >= 15 is 0 Å². The van der Waals surface area contributed by atoms with E-state index < -0.39 is 0 Å². The van der Waals surface area contributed by atoms with Gasteiger partial charge in [-0.05, 0) is 47.5 Å². The van der Waals surface area contributed by atoms with Crippen LogP contribution in [-0.2, 0) is 11.3 Å². The van der Waals surface area contributed by atoms with Gasteiger partial charge >= 0.3 is 0 Å². The number of hydrogen-bond acceptors (Lipinski definition) is 3. The van der Waals surface area contributed by atoms with Crippen molar-refractivity contribution in [2.75, 3.05) is 18.0 Å². The second kappa shape index (κ2) is 10.2. The quantitative estimate of drug-likeness (QED) is 0.514. The van der Waals surface area contributed by atoms with Gasteiger partial charge in [-0.25, -0.2) is 4.21 Å². The van der Waals surface area contributed by atoms with Crippen LogP contribution in [-0.4, -0.2) is 27.1 Å². The lowest BCUT2D eigenvalue weighted by Crippen LogP contribution is -2.34. The van der Waals surface area contributed by atoms with Crippen molar-refractivity contribution >= 4 is 50.6 Å². The highest BCUT2D eigenvalue weighted by Crippen LogP contribution is 2.28. The van der Waals surface area contributed by atoms with Crippen LogP contribution in [0.3, 0.4) is 0 Å². The molecule has 0 unspecified atom stereocenters. The number of nitrogens with zero attached hydrogens (tertiary/aromatic N) is 2. The van der Waals surface area contributed by atoms with Gasteiger partial charge in [0, 0.05) is 22.8 Å². The summed E-state index contributed by atoms with van der Waals surface area (Å²) in [7, 11) is 0. The highest BCUT2D eigenvalue weighted by Gasteiger charge is 2.19. The Kier molecular flexibility index (Phi) is 7.43. The first kappa shape index (κ1) is 20.3. The predicted molar refractivity (Wildman–Crippen MR) is 120 cm³/mol. The zero-order valence-corrected chi connectivity index (χ0v) is 17.3. The van der Waals surface area contributed by atoms with Crippen molar-refractivity contribution in [3.63, 3.8) is 0 Å². The van der Waals surface area contributed by atoms with Crippen LogP contribution in [0.15, 0.2) is 85.2 Å². The second-order valence-electron chi connectivity index (χ2n) is 6.06. The van der Waals surface area contributed by atoms with Crippen LogP contribution in [0.2, 0.25) is 10.0 Å². The Hall–Kier alpha value is -2.40. The van der Waals surface area contributed by atoms with Crippen LogP contribution < -0.4 is 4.90 Å². The van der Waals surface area contributed by atoms with Crippen LogP contribution in [0.25, 0.3) is 5.57 Å². The number of benzene rings is 2. The Morgan fingerprint density at radius 3 is 2.25 bits per heavy atom. The molecule has 0 amide bonds. The normalized spacial score (nSPS) is 13.3. The Balaban J connectivity index is 0.000000271. The molecule has 0 fully saturated rings. The van der Waals surface area contributed by atoms with Crippen molar-refractivity contribution in [1.82, 2.24) is 4.98 Å². The summed E-state index contributed by atoms with van der Waals surface area (Å²) in [4.78, 5) is 7.05. The monoisotopic (exact) mass is 428 g/mol. The van der Waals surface area contributed by atoms with E-state index in [2.05, 4.69) is 9.88 Å². The highest BCUT2D eigenvalue weighted by atomic mass is 35.5. The van der Waals surface area contributed by atoms with Crippen LogP contribution in [0.1, 0.15) is 5.56 Å². The SMILES string of the molecule is Clc1ccccc1.O=S=C1C=C(c2ccccc2Cl)CN(c2cccnc2)C1. The predicted octanol–water partition coefficient (Wildman–Crippen LogP) is 5.36. The summed E-state index contributed by atoms with van der Waals surface area (Å²) in [5, 5.41) is 1.49. The van der Waals surface area contributed by atoms with E-state index in [1.165, 1.54) is 0 Å². The van der Waals surface area contributed by atoms with Gasteiger partial charge in [0.05, 0.1) is 34.5 Å². The fourth-order valence-corrected chi connectivity index (χ4v) is 3.61. The van der Waals surface area contributed by atoms with Crippen LogP contribution in [0.4, 0.5) is 5.69 Å². The standard InChI is InChI=1S/C16H13ClN2OS.C6H5Cl/c17-16-6-2-1-5-15(16)12-8-14(21-20)11-19(10-12)13-4-3-7-18-9-13;7-6-4-2-1-3-5-6/h1-9H,10-11H2;1-5H. The molecule has 4 rings (SSSR count). The lowest BCUT2D eigenvalue weighted by molar-refractivity contribution is 0.700. The first-order valence-corrected chi connectivity index (χ1v) is 10.1. The molecule has 0 saturated heterocycles. The molecular weight excluding hydrogens is 411 g/mol. The third-order valence-corrected chi connectivity index (χ3v) is 5.16. The Labute approximate surface area is 178 Å². The van der Waals surface area contributed by atoms with Gasteiger partial charge in [0.15, 0.2) is 0 Å². The Morgan fingerprint density at radius 2 is 1.64 bits per heavy atom. The second-order valence-corrected chi connectivity index (χ2v) is 7.60. The fourth-order valence-electron chi connectivity index (χ4n) is 2.81. The van der Waals surface area contributed by atoms with Gasteiger partial charge in [-0.2, -0.15) is 0 Å². The summed E-state index contributed by atoms with van der Waals surface area (Å²) >= 11 is 12.3. The first-order chi connectivity index (χ1) is 13.7. The van der Waals surface area contributed by atoms with Crippen LogP contribution in [0.5, 0.6) is 0 Å². The van der Waals surface area contributed by atoms with Gasteiger partial charge in [-0.1, -0.05) is 59.6 Å². The van der Waals surface area contributed by atoms with E-state index in [1.807, 2.05) is 79.0 Å².